The SMILES string of the molecule is CC(CN)CNC(=O)CSc1ccc(Cl)cc1.Cl. The number of hydrogen-bond acceptors (Lipinski definition) is 3. The van der Waals surface area contributed by atoms with Crippen molar-refractivity contribution in [3.63, 3.8) is 0 Å². The van der Waals surface area contributed by atoms with E-state index in [2.05, 4.69) is 5.32 Å². The predicted molar refractivity (Wildman–Crippen MR) is 80.7 cm³/mol. The summed E-state index contributed by atoms with van der Waals surface area (Å²) in [5, 5.41) is 3.55. The minimum atomic E-state index is 0. The van der Waals surface area contributed by atoms with E-state index in [1.807, 2.05) is 31.2 Å². The summed E-state index contributed by atoms with van der Waals surface area (Å²) in [6.07, 6.45) is 0. The fourth-order valence-electron chi connectivity index (χ4n) is 1.10. The van der Waals surface area contributed by atoms with Crippen molar-refractivity contribution in [1.29, 1.82) is 0 Å². The van der Waals surface area contributed by atoms with E-state index in [0.29, 0.717) is 29.8 Å². The Hall–Kier alpha value is -0.420. The van der Waals surface area contributed by atoms with Gasteiger partial charge in [0, 0.05) is 16.5 Å². The molecule has 1 amide bonds. The molecule has 1 aromatic rings. The van der Waals surface area contributed by atoms with Gasteiger partial charge in [-0.25, -0.2) is 0 Å². The van der Waals surface area contributed by atoms with Crippen LogP contribution in [0.15, 0.2) is 29.2 Å². The van der Waals surface area contributed by atoms with Gasteiger partial charge in [-0.2, -0.15) is 0 Å². The molecule has 0 aliphatic rings. The van der Waals surface area contributed by atoms with Crippen LogP contribution in [0.4, 0.5) is 0 Å². The Morgan fingerprint density at radius 1 is 1.44 bits per heavy atom. The monoisotopic (exact) mass is 308 g/mol. The molecule has 18 heavy (non-hydrogen) atoms. The van der Waals surface area contributed by atoms with Gasteiger partial charge in [-0.1, -0.05) is 18.5 Å². The first-order valence-corrected chi connectivity index (χ1v) is 6.83. The lowest BCUT2D eigenvalue weighted by Gasteiger charge is -2.09. The molecule has 0 fully saturated rings. The molecule has 1 rings (SSSR count). The van der Waals surface area contributed by atoms with Crippen LogP contribution in [0.3, 0.4) is 0 Å². The quantitative estimate of drug-likeness (QED) is 0.794. The second kappa shape index (κ2) is 9.50. The molecule has 0 aromatic heterocycles. The molecule has 1 unspecified atom stereocenters. The van der Waals surface area contributed by atoms with Gasteiger partial charge >= 0.3 is 0 Å². The third-order valence-corrected chi connectivity index (χ3v) is 3.50. The van der Waals surface area contributed by atoms with E-state index in [-0.39, 0.29) is 18.3 Å². The number of amides is 1. The average molecular weight is 309 g/mol. The van der Waals surface area contributed by atoms with Crippen LogP contribution in [-0.2, 0) is 4.79 Å². The molecule has 0 bridgehead atoms. The van der Waals surface area contributed by atoms with Crippen LogP contribution >= 0.6 is 35.8 Å². The van der Waals surface area contributed by atoms with Crippen LogP contribution in [-0.4, -0.2) is 24.7 Å². The number of carbonyl (C=O) groups excluding carboxylic acids is 1. The predicted octanol–water partition coefficient (Wildman–Crippen LogP) is 2.56. The van der Waals surface area contributed by atoms with E-state index in [9.17, 15) is 4.79 Å². The van der Waals surface area contributed by atoms with Gasteiger partial charge < -0.3 is 11.1 Å². The average Bonchev–Trinajstić information content (AvgIpc) is 2.35. The maximum Gasteiger partial charge on any atom is 0.230 e. The zero-order chi connectivity index (χ0) is 12.7. The summed E-state index contributed by atoms with van der Waals surface area (Å²) >= 11 is 7.27. The second-order valence-electron chi connectivity index (χ2n) is 3.89. The highest BCUT2D eigenvalue weighted by Crippen LogP contribution is 2.19. The van der Waals surface area contributed by atoms with Crippen molar-refractivity contribution in [2.24, 2.45) is 11.7 Å². The Morgan fingerprint density at radius 2 is 2.06 bits per heavy atom. The number of nitrogens with two attached hydrogens (primary N) is 1. The van der Waals surface area contributed by atoms with Gasteiger partial charge in [-0.3, -0.25) is 4.79 Å². The van der Waals surface area contributed by atoms with Crippen LogP contribution < -0.4 is 11.1 Å². The van der Waals surface area contributed by atoms with E-state index >= 15 is 0 Å². The lowest BCUT2D eigenvalue weighted by atomic mass is 10.2. The third-order valence-electron chi connectivity index (χ3n) is 2.23. The molecule has 6 heteroatoms. The van der Waals surface area contributed by atoms with Gasteiger partial charge in [0.1, 0.15) is 0 Å². The Labute approximate surface area is 123 Å². The normalized spacial score (nSPS) is 11.5. The highest BCUT2D eigenvalue weighted by atomic mass is 35.5. The summed E-state index contributed by atoms with van der Waals surface area (Å²) < 4.78 is 0. The summed E-state index contributed by atoms with van der Waals surface area (Å²) in [7, 11) is 0. The Balaban J connectivity index is 0.00000289. The van der Waals surface area contributed by atoms with Gasteiger partial charge in [0.2, 0.25) is 5.91 Å². The summed E-state index contributed by atoms with van der Waals surface area (Å²) in [6.45, 7) is 3.23. The molecule has 0 spiro atoms. The topological polar surface area (TPSA) is 55.1 Å². The van der Waals surface area contributed by atoms with Crippen LogP contribution in [0.2, 0.25) is 5.02 Å². The maximum absolute atomic E-state index is 11.5. The van der Waals surface area contributed by atoms with E-state index in [4.69, 9.17) is 17.3 Å². The lowest BCUT2D eigenvalue weighted by molar-refractivity contribution is -0.118. The van der Waals surface area contributed by atoms with Crippen LogP contribution in [0.1, 0.15) is 6.92 Å². The van der Waals surface area contributed by atoms with Crippen molar-refractivity contribution < 1.29 is 4.79 Å². The fourth-order valence-corrected chi connectivity index (χ4v) is 1.96. The van der Waals surface area contributed by atoms with E-state index in [1.165, 1.54) is 11.8 Å². The highest BCUT2D eigenvalue weighted by Gasteiger charge is 2.04. The van der Waals surface area contributed by atoms with Crippen LogP contribution in [0.5, 0.6) is 0 Å². The van der Waals surface area contributed by atoms with Crippen molar-refractivity contribution in [3.05, 3.63) is 29.3 Å². The molecule has 0 saturated carbocycles. The number of nitrogens with one attached hydrogen (secondary N) is 1. The van der Waals surface area contributed by atoms with E-state index < -0.39 is 0 Å². The van der Waals surface area contributed by atoms with Gasteiger partial charge in [-0.15, -0.1) is 24.2 Å². The molecule has 1 atom stereocenters. The number of rotatable bonds is 6. The molecule has 0 heterocycles. The molecule has 1 aromatic carbocycles. The molecule has 0 aliphatic carbocycles. The molecular formula is C12H18Cl2N2OS. The van der Waals surface area contributed by atoms with Crippen molar-refractivity contribution >= 4 is 41.7 Å². The van der Waals surface area contributed by atoms with Crippen LogP contribution in [0, 0.1) is 5.92 Å². The lowest BCUT2D eigenvalue weighted by Crippen LogP contribution is -2.32. The fraction of sp³-hybridized carbons (Fsp3) is 0.417. The second-order valence-corrected chi connectivity index (χ2v) is 5.37. The summed E-state index contributed by atoms with van der Waals surface area (Å²) in [5.74, 6) is 0.767. The largest absolute Gasteiger partial charge is 0.355 e. The Bertz CT molecular complexity index is 360. The smallest absolute Gasteiger partial charge is 0.230 e. The standard InChI is InChI=1S/C12H17ClN2OS.ClH/c1-9(6-14)7-15-12(16)8-17-11-4-2-10(13)3-5-11;/h2-5,9H,6-8,14H2,1H3,(H,15,16);1H. The molecule has 3 nitrogen and oxygen atoms in total. The zero-order valence-corrected chi connectivity index (χ0v) is 12.6. The van der Waals surface area contributed by atoms with Gasteiger partial charge in [-0.05, 0) is 36.7 Å². The number of halogens is 2. The Kier molecular flexibility index (Phi) is 9.28. The molecule has 102 valence electrons. The third kappa shape index (κ3) is 7.11. The van der Waals surface area contributed by atoms with Crippen molar-refractivity contribution in [2.45, 2.75) is 11.8 Å². The molecule has 3 N–H and O–H groups in total. The van der Waals surface area contributed by atoms with Crippen molar-refractivity contribution in [1.82, 2.24) is 5.32 Å². The minimum Gasteiger partial charge on any atom is -0.355 e. The van der Waals surface area contributed by atoms with Crippen molar-refractivity contribution in [2.75, 3.05) is 18.8 Å². The molecule has 0 saturated heterocycles. The van der Waals surface area contributed by atoms with E-state index in [1.54, 1.807) is 0 Å². The summed E-state index contributed by atoms with van der Waals surface area (Å²) in [6, 6.07) is 7.45. The first kappa shape index (κ1) is 17.6. The van der Waals surface area contributed by atoms with Gasteiger partial charge in [0.15, 0.2) is 0 Å². The van der Waals surface area contributed by atoms with Crippen LogP contribution in [0.25, 0.3) is 0 Å². The number of carbonyl (C=O) groups is 1. The van der Waals surface area contributed by atoms with Gasteiger partial charge in [0.05, 0.1) is 5.75 Å². The highest BCUT2D eigenvalue weighted by molar-refractivity contribution is 8.00. The number of benzene rings is 1. The Morgan fingerprint density at radius 3 is 2.61 bits per heavy atom. The number of thioether (sulfide) groups is 1. The van der Waals surface area contributed by atoms with E-state index in [0.717, 1.165) is 4.90 Å². The maximum atomic E-state index is 11.5. The first-order chi connectivity index (χ1) is 8.11. The minimum absolute atomic E-state index is 0. The van der Waals surface area contributed by atoms with Crippen molar-refractivity contribution in [3.8, 4) is 0 Å². The molecular weight excluding hydrogens is 291 g/mol. The summed E-state index contributed by atoms with van der Waals surface area (Å²) in [4.78, 5) is 12.5. The summed E-state index contributed by atoms with van der Waals surface area (Å²) in [5.41, 5.74) is 5.47. The van der Waals surface area contributed by atoms with Gasteiger partial charge in [0.25, 0.3) is 0 Å². The molecule has 0 aliphatic heterocycles. The molecule has 0 radical (unpaired) electrons. The number of hydrogen-bond donors (Lipinski definition) is 2. The first-order valence-electron chi connectivity index (χ1n) is 5.47. The zero-order valence-electron chi connectivity index (χ0n) is 10.2.